The molecule has 1 aromatic rings. The van der Waals surface area contributed by atoms with Gasteiger partial charge in [0, 0.05) is 18.3 Å². The van der Waals surface area contributed by atoms with E-state index in [4.69, 9.17) is 5.73 Å². The fourth-order valence-electron chi connectivity index (χ4n) is 3.33. The minimum atomic E-state index is 0.373. The Balaban J connectivity index is 1.95. The van der Waals surface area contributed by atoms with Gasteiger partial charge in [0.15, 0.2) is 0 Å². The summed E-state index contributed by atoms with van der Waals surface area (Å²) in [5.41, 5.74) is 7.53. The summed E-state index contributed by atoms with van der Waals surface area (Å²) in [6.07, 6.45) is 9.63. The topological polar surface area (TPSA) is 43.8 Å². The molecule has 1 heterocycles. The number of hydrogen-bond donors (Lipinski definition) is 1. The van der Waals surface area contributed by atoms with Crippen LogP contribution in [0.5, 0.6) is 0 Å². The van der Waals surface area contributed by atoms with E-state index in [2.05, 4.69) is 38.1 Å². The minimum Gasteiger partial charge on any atom is -0.327 e. The van der Waals surface area contributed by atoms with Gasteiger partial charge in [-0.2, -0.15) is 5.10 Å². The smallest absolute Gasteiger partial charge is 0.0628 e. The van der Waals surface area contributed by atoms with Crippen molar-refractivity contribution in [1.82, 2.24) is 9.78 Å². The molecule has 108 valence electrons. The van der Waals surface area contributed by atoms with Crippen molar-refractivity contribution in [3.05, 3.63) is 18.0 Å². The Morgan fingerprint density at radius 1 is 1.42 bits per heavy atom. The highest BCUT2D eigenvalue weighted by Gasteiger charge is 2.28. The van der Waals surface area contributed by atoms with Crippen molar-refractivity contribution < 1.29 is 0 Å². The number of hydrogen-bond acceptors (Lipinski definition) is 2. The minimum absolute atomic E-state index is 0.373. The van der Waals surface area contributed by atoms with Crippen LogP contribution in [0.3, 0.4) is 0 Å². The lowest BCUT2D eigenvalue weighted by molar-refractivity contribution is 0.220. The van der Waals surface area contributed by atoms with Gasteiger partial charge in [-0.15, -0.1) is 0 Å². The number of nitrogens with two attached hydrogens (primary N) is 1. The molecule has 0 spiro atoms. The second-order valence-electron chi connectivity index (χ2n) is 6.48. The van der Waals surface area contributed by atoms with Gasteiger partial charge in [0.25, 0.3) is 0 Å². The van der Waals surface area contributed by atoms with E-state index in [1.165, 1.54) is 37.8 Å². The van der Waals surface area contributed by atoms with Gasteiger partial charge in [-0.25, -0.2) is 0 Å². The molecule has 3 atom stereocenters. The molecule has 2 N–H and O–H groups in total. The van der Waals surface area contributed by atoms with Gasteiger partial charge in [0.2, 0.25) is 0 Å². The third kappa shape index (κ3) is 3.82. The van der Waals surface area contributed by atoms with E-state index in [-0.39, 0.29) is 0 Å². The Bertz CT molecular complexity index is 383. The summed E-state index contributed by atoms with van der Waals surface area (Å²) in [6.45, 7) is 6.62. The van der Waals surface area contributed by atoms with E-state index < -0.39 is 0 Å². The monoisotopic (exact) mass is 263 g/mol. The van der Waals surface area contributed by atoms with Crippen molar-refractivity contribution in [2.24, 2.45) is 17.6 Å². The van der Waals surface area contributed by atoms with E-state index in [0.717, 1.165) is 12.3 Å². The fraction of sp³-hybridized carbons (Fsp3) is 0.812. The average Bonchev–Trinajstić information content (AvgIpc) is 2.82. The van der Waals surface area contributed by atoms with E-state index in [1.54, 1.807) is 0 Å². The van der Waals surface area contributed by atoms with Gasteiger partial charge >= 0.3 is 0 Å². The van der Waals surface area contributed by atoms with Gasteiger partial charge in [-0.3, -0.25) is 4.68 Å². The average molecular weight is 263 g/mol. The molecular formula is C16H29N3. The van der Waals surface area contributed by atoms with Crippen LogP contribution in [0.15, 0.2) is 12.3 Å². The van der Waals surface area contributed by atoms with Crippen molar-refractivity contribution in [3.63, 3.8) is 0 Å². The standard InChI is InChI=1S/C16H29N3/c1-4-5-13-6-7-16(17)14(10-13)11-15-8-9-19(18-15)12(2)3/h8-9,12-14,16H,4-7,10-11,17H2,1-3H3. The first-order chi connectivity index (χ1) is 9.10. The maximum absolute atomic E-state index is 6.32. The summed E-state index contributed by atoms with van der Waals surface area (Å²) in [5.74, 6) is 1.52. The van der Waals surface area contributed by atoms with E-state index >= 15 is 0 Å². The Labute approximate surface area is 117 Å². The Morgan fingerprint density at radius 3 is 2.84 bits per heavy atom. The zero-order valence-corrected chi connectivity index (χ0v) is 12.7. The highest BCUT2D eigenvalue weighted by Crippen LogP contribution is 2.33. The summed E-state index contributed by atoms with van der Waals surface area (Å²) in [4.78, 5) is 0. The highest BCUT2D eigenvalue weighted by molar-refractivity contribution is 5.03. The summed E-state index contributed by atoms with van der Waals surface area (Å²) in [5, 5.41) is 4.67. The molecule has 19 heavy (non-hydrogen) atoms. The summed E-state index contributed by atoms with van der Waals surface area (Å²) >= 11 is 0. The van der Waals surface area contributed by atoms with E-state index in [1.807, 2.05) is 4.68 Å². The predicted molar refractivity (Wildman–Crippen MR) is 80.0 cm³/mol. The lowest BCUT2D eigenvalue weighted by atomic mass is 9.75. The first kappa shape index (κ1) is 14.6. The van der Waals surface area contributed by atoms with Gasteiger partial charge in [0.05, 0.1) is 5.69 Å². The Hall–Kier alpha value is -0.830. The molecule has 0 amide bonds. The van der Waals surface area contributed by atoms with Crippen LogP contribution in [-0.2, 0) is 6.42 Å². The van der Waals surface area contributed by atoms with Crippen LogP contribution in [0.2, 0.25) is 0 Å². The molecule has 0 bridgehead atoms. The van der Waals surface area contributed by atoms with Crippen LogP contribution < -0.4 is 5.73 Å². The molecule has 3 heteroatoms. The van der Waals surface area contributed by atoms with Gasteiger partial charge in [-0.1, -0.05) is 19.8 Å². The fourth-order valence-corrected chi connectivity index (χ4v) is 3.33. The molecular weight excluding hydrogens is 234 g/mol. The maximum Gasteiger partial charge on any atom is 0.0628 e. The molecule has 0 aromatic carbocycles. The lowest BCUT2D eigenvalue weighted by Gasteiger charge is -2.33. The summed E-state index contributed by atoms with van der Waals surface area (Å²) in [6, 6.07) is 2.98. The lowest BCUT2D eigenvalue weighted by Crippen LogP contribution is -2.37. The van der Waals surface area contributed by atoms with Gasteiger partial charge in [-0.05, 0) is 57.4 Å². The van der Waals surface area contributed by atoms with E-state index in [9.17, 15) is 0 Å². The van der Waals surface area contributed by atoms with Crippen LogP contribution >= 0.6 is 0 Å². The second kappa shape index (κ2) is 6.56. The van der Waals surface area contributed by atoms with E-state index in [0.29, 0.717) is 18.0 Å². The molecule has 1 aliphatic carbocycles. The third-order valence-electron chi connectivity index (χ3n) is 4.51. The van der Waals surface area contributed by atoms with Gasteiger partial charge in [0.1, 0.15) is 0 Å². The van der Waals surface area contributed by atoms with Crippen LogP contribution in [-0.4, -0.2) is 15.8 Å². The molecule has 2 rings (SSSR count). The van der Waals surface area contributed by atoms with Crippen molar-refractivity contribution in [2.45, 2.75) is 71.4 Å². The quantitative estimate of drug-likeness (QED) is 0.883. The molecule has 1 aromatic heterocycles. The SMILES string of the molecule is CCCC1CCC(N)C(Cc2ccn(C(C)C)n2)C1. The Kier molecular flexibility index (Phi) is 5.03. The normalized spacial score (nSPS) is 27.9. The number of aromatic nitrogens is 2. The number of nitrogens with zero attached hydrogens (tertiary/aromatic N) is 2. The largest absolute Gasteiger partial charge is 0.327 e. The molecule has 0 aliphatic heterocycles. The van der Waals surface area contributed by atoms with Crippen molar-refractivity contribution in [1.29, 1.82) is 0 Å². The molecule has 0 radical (unpaired) electrons. The maximum atomic E-state index is 6.32. The van der Waals surface area contributed by atoms with Gasteiger partial charge < -0.3 is 5.73 Å². The highest BCUT2D eigenvalue weighted by atomic mass is 15.3. The third-order valence-corrected chi connectivity index (χ3v) is 4.51. The first-order valence-corrected chi connectivity index (χ1v) is 7.89. The molecule has 3 nitrogen and oxygen atoms in total. The van der Waals surface area contributed by atoms with Crippen molar-refractivity contribution in [2.75, 3.05) is 0 Å². The summed E-state index contributed by atoms with van der Waals surface area (Å²) in [7, 11) is 0. The Morgan fingerprint density at radius 2 is 2.21 bits per heavy atom. The zero-order valence-electron chi connectivity index (χ0n) is 12.7. The molecule has 1 aliphatic rings. The molecule has 1 fully saturated rings. The molecule has 0 saturated heterocycles. The molecule has 1 saturated carbocycles. The van der Waals surface area contributed by atoms with Crippen molar-refractivity contribution in [3.8, 4) is 0 Å². The van der Waals surface area contributed by atoms with Crippen LogP contribution in [0.25, 0.3) is 0 Å². The predicted octanol–water partition coefficient (Wildman–Crippen LogP) is 3.55. The van der Waals surface area contributed by atoms with Crippen LogP contribution in [0.4, 0.5) is 0 Å². The van der Waals surface area contributed by atoms with Crippen LogP contribution in [0, 0.1) is 11.8 Å². The van der Waals surface area contributed by atoms with Crippen LogP contribution in [0.1, 0.15) is 64.6 Å². The number of rotatable bonds is 5. The zero-order chi connectivity index (χ0) is 13.8. The van der Waals surface area contributed by atoms with Crippen molar-refractivity contribution >= 4 is 0 Å². The first-order valence-electron chi connectivity index (χ1n) is 7.89. The molecule has 3 unspecified atom stereocenters. The summed E-state index contributed by atoms with van der Waals surface area (Å²) < 4.78 is 2.05. The second-order valence-corrected chi connectivity index (χ2v) is 6.48.